The van der Waals surface area contributed by atoms with E-state index >= 15 is 0 Å². The molecule has 2 aromatic carbocycles. The van der Waals surface area contributed by atoms with E-state index in [4.69, 9.17) is 4.74 Å². The number of methoxy groups -OCH3 is 1. The molecule has 3 aromatic rings. The van der Waals surface area contributed by atoms with Gasteiger partial charge in [-0.15, -0.1) is 0 Å². The van der Waals surface area contributed by atoms with Gasteiger partial charge >= 0.3 is 0 Å². The third kappa shape index (κ3) is 5.12. The van der Waals surface area contributed by atoms with E-state index in [2.05, 4.69) is 34.7 Å². The molecular weight excluding hydrogens is 469 g/mol. The van der Waals surface area contributed by atoms with E-state index in [1.807, 2.05) is 30.5 Å². The molecule has 1 unspecified atom stereocenters. The summed E-state index contributed by atoms with van der Waals surface area (Å²) in [5.41, 5.74) is 3.84. The van der Waals surface area contributed by atoms with Crippen molar-refractivity contribution in [2.24, 2.45) is 5.41 Å². The number of amides is 2. The van der Waals surface area contributed by atoms with Crippen LogP contribution in [0.25, 0.3) is 10.9 Å². The number of rotatable bonds is 8. The normalized spacial score (nSPS) is 17.7. The number of fused-ring (bicyclic) bond motifs is 1. The molecule has 2 N–H and O–H groups in total. The first-order valence-electron chi connectivity index (χ1n) is 12.6. The van der Waals surface area contributed by atoms with Gasteiger partial charge in [-0.2, -0.15) is 0 Å². The number of carbonyl (C=O) groups excluding carboxylic acids is 2. The summed E-state index contributed by atoms with van der Waals surface area (Å²) >= 11 is 0. The zero-order valence-corrected chi connectivity index (χ0v) is 21.0. The monoisotopic (exact) mass is 499 g/mol. The van der Waals surface area contributed by atoms with Gasteiger partial charge in [0.2, 0.25) is 11.8 Å². The molecule has 7 heteroatoms. The van der Waals surface area contributed by atoms with E-state index in [0.29, 0.717) is 24.9 Å². The van der Waals surface area contributed by atoms with Crippen molar-refractivity contribution in [1.29, 1.82) is 0 Å². The maximum absolute atomic E-state index is 13.1. The van der Waals surface area contributed by atoms with E-state index in [-0.39, 0.29) is 23.7 Å². The molecule has 0 saturated heterocycles. The second-order valence-electron chi connectivity index (χ2n) is 9.68. The van der Waals surface area contributed by atoms with Crippen LogP contribution in [0.1, 0.15) is 37.3 Å². The summed E-state index contributed by atoms with van der Waals surface area (Å²) in [7, 11) is 1.68. The molecule has 0 aliphatic heterocycles. The van der Waals surface area contributed by atoms with Crippen molar-refractivity contribution in [2.75, 3.05) is 12.4 Å². The lowest BCUT2D eigenvalue weighted by molar-refractivity contribution is -0.134. The number of carbonyl (C=O) groups is 2. The topological polar surface area (TPSA) is 80.3 Å². The summed E-state index contributed by atoms with van der Waals surface area (Å²) in [6.07, 6.45) is 11.3. The van der Waals surface area contributed by atoms with Crippen LogP contribution in [0.4, 0.5) is 10.1 Å². The number of nitrogens with one attached hydrogen (secondary N) is 2. The molecule has 0 radical (unpaired) electrons. The summed E-state index contributed by atoms with van der Waals surface area (Å²) in [5.74, 6) is -0.133. The summed E-state index contributed by atoms with van der Waals surface area (Å²) in [4.78, 5) is 30.3. The van der Waals surface area contributed by atoms with Crippen LogP contribution in [0, 0.1) is 11.2 Å². The van der Waals surface area contributed by atoms with Crippen LogP contribution < -0.4 is 15.4 Å². The van der Waals surface area contributed by atoms with Gasteiger partial charge in [-0.3, -0.25) is 14.6 Å². The number of nitrogens with zero attached hydrogens (tertiary/aromatic N) is 1. The minimum atomic E-state index is -1.06. The van der Waals surface area contributed by atoms with E-state index < -0.39 is 5.41 Å². The molecule has 1 atom stereocenters. The van der Waals surface area contributed by atoms with Crippen molar-refractivity contribution in [3.8, 4) is 5.75 Å². The largest absolute Gasteiger partial charge is 0.496 e. The van der Waals surface area contributed by atoms with Crippen molar-refractivity contribution in [3.05, 3.63) is 89.4 Å². The number of anilines is 1. The fourth-order valence-electron chi connectivity index (χ4n) is 4.79. The maximum atomic E-state index is 13.1. The summed E-state index contributed by atoms with van der Waals surface area (Å²) in [6, 6.07) is 11.6. The van der Waals surface area contributed by atoms with Crippen molar-refractivity contribution in [1.82, 2.24) is 10.3 Å². The van der Waals surface area contributed by atoms with Gasteiger partial charge in [0.15, 0.2) is 0 Å². The Balaban J connectivity index is 1.22. The van der Waals surface area contributed by atoms with Crippen LogP contribution in [0.5, 0.6) is 5.75 Å². The van der Waals surface area contributed by atoms with Gasteiger partial charge in [0.25, 0.3) is 0 Å². The quantitative estimate of drug-likeness (QED) is 0.414. The fraction of sp³-hybridized carbons (Fsp3) is 0.300. The van der Waals surface area contributed by atoms with Crippen LogP contribution in [0.2, 0.25) is 0 Å². The van der Waals surface area contributed by atoms with Crippen LogP contribution in [-0.4, -0.2) is 29.9 Å². The molecule has 190 valence electrons. The molecule has 1 saturated carbocycles. The number of ether oxygens (including phenoxy) is 1. The number of halogens is 1. The average Bonchev–Trinajstić information content (AvgIpc) is 3.73. The Morgan fingerprint density at radius 1 is 1.11 bits per heavy atom. The molecule has 0 bridgehead atoms. The Labute approximate surface area is 215 Å². The number of aromatic nitrogens is 1. The lowest BCUT2D eigenvalue weighted by Crippen LogP contribution is -2.44. The summed E-state index contributed by atoms with van der Waals surface area (Å²) in [6.45, 7) is 2.11. The van der Waals surface area contributed by atoms with Crippen molar-refractivity contribution < 1.29 is 18.7 Å². The van der Waals surface area contributed by atoms with E-state index in [9.17, 15) is 14.0 Å². The number of hydrogen-bond acceptors (Lipinski definition) is 4. The van der Waals surface area contributed by atoms with E-state index in [1.54, 1.807) is 7.11 Å². The number of aryl methyl sites for hydroxylation is 1. The lowest BCUT2D eigenvalue weighted by Gasteiger charge is -2.22. The molecule has 5 rings (SSSR count). The highest BCUT2D eigenvalue weighted by atomic mass is 19.1. The molecule has 1 aromatic heterocycles. The summed E-state index contributed by atoms with van der Waals surface area (Å²) < 4.78 is 18.7. The van der Waals surface area contributed by atoms with Crippen LogP contribution in [0.3, 0.4) is 0 Å². The molecule has 2 amide bonds. The zero-order valence-electron chi connectivity index (χ0n) is 21.0. The van der Waals surface area contributed by atoms with Gasteiger partial charge in [0.1, 0.15) is 17.0 Å². The first-order valence-corrected chi connectivity index (χ1v) is 12.6. The molecule has 0 spiro atoms. The molecule has 1 heterocycles. The third-order valence-corrected chi connectivity index (χ3v) is 7.22. The number of allylic oxidation sites excluding steroid dienone is 2. The van der Waals surface area contributed by atoms with Gasteiger partial charge in [-0.25, -0.2) is 4.39 Å². The molecule has 37 heavy (non-hydrogen) atoms. The standard InChI is InChI=1S/C30H30FN3O3/c1-3-20-17-25-21(12-15-32-26(25)18-27(20)37-2)16-19-4-8-23(9-5-19)33-28(35)30(13-14-30)29(36)34-24-10-6-22(31)7-11-24/h4-8,10-12,15,17-18,23H,3,9,13-14,16H2,1-2H3,(H,33,35)(H,34,36). The minimum Gasteiger partial charge on any atom is -0.496 e. The first-order chi connectivity index (χ1) is 17.9. The minimum absolute atomic E-state index is 0.169. The number of benzene rings is 2. The Morgan fingerprint density at radius 3 is 2.54 bits per heavy atom. The highest BCUT2D eigenvalue weighted by molar-refractivity contribution is 6.13. The maximum Gasteiger partial charge on any atom is 0.240 e. The van der Waals surface area contributed by atoms with Crippen LogP contribution >= 0.6 is 0 Å². The van der Waals surface area contributed by atoms with Gasteiger partial charge in [-0.05, 0) is 85.2 Å². The zero-order chi connectivity index (χ0) is 26.0. The second kappa shape index (κ2) is 10.2. The molecule has 2 aliphatic rings. The summed E-state index contributed by atoms with van der Waals surface area (Å²) in [5, 5.41) is 6.89. The van der Waals surface area contributed by atoms with Gasteiger partial charge in [0.05, 0.1) is 18.7 Å². The predicted molar refractivity (Wildman–Crippen MR) is 142 cm³/mol. The van der Waals surface area contributed by atoms with E-state index in [1.165, 1.54) is 35.4 Å². The SMILES string of the molecule is CCc1cc2c(CC3=CCC(NC(=O)C4(C(=O)Nc5ccc(F)cc5)CC4)C=C3)ccnc2cc1OC. The average molecular weight is 500 g/mol. The second-order valence-corrected chi connectivity index (χ2v) is 9.68. The highest BCUT2D eigenvalue weighted by Crippen LogP contribution is 2.47. The smallest absolute Gasteiger partial charge is 0.240 e. The Bertz CT molecular complexity index is 1410. The fourth-order valence-corrected chi connectivity index (χ4v) is 4.79. The molecule has 1 fully saturated rings. The highest BCUT2D eigenvalue weighted by Gasteiger charge is 2.56. The molecule has 6 nitrogen and oxygen atoms in total. The van der Waals surface area contributed by atoms with Gasteiger partial charge in [-0.1, -0.05) is 25.2 Å². The van der Waals surface area contributed by atoms with E-state index in [0.717, 1.165) is 35.1 Å². The Morgan fingerprint density at radius 2 is 1.89 bits per heavy atom. The predicted octanol–water partition coefficient (Wildman–Crippen LogP) is 5.28. The number of hydrogen-bond donors (Lipinski definition) is 2. The van der Waals surface area contributed by atoms with Crippen LogP contribution in [-0.2, 0) is 22.4 Å². The lowest BCUT2D eigenvalue weighted by atomic mass is 9.94. The molecule has 2 aliphatic carbocycles. The Hall–Kier alpha value is -4.00. The number of pyridine rings is 1. The molecular formula is C30H30FN3O3. The first kappa shape index (κ1) is 24.7. The van der Waals surface area contributed by atoms with Crippen LogP contribution in [0.15, 0.2) is 72.5 Å². The third-order valence-electron chi connectivity index (χ3n) is 7.22. The van der Waals surface area contributed by atoms with Crippen molar-refractivity contribution in [2.45, 2.75) is 45.1 Å². The van der Waals surface area contributed by atoms with Crippen molar-refractivity contribution >= 4 is 28.4 Å². The Kier molecular flexibility index (Phi) is 6.78. The van der Waals surface area contributed by atoms with Crippen molar-refractivity contribution in [3.63, 3.8) is 0 Å². The van der Waals surface area contributed by atoms with Gasteiger partial charge < -0.3 is 15.4 Å². The van der Waals surface area contributed by atoms with Gasteiger partial charge in [0, 0.05) is 23.3 Å².